The molecule has 0 radical (unpaired) electrons. The molecule has 0 aromatic heterocycles. The minimum Gasteiger partial charge on any atom is -0.162 e. The van der Waals surface area contributed by atoms with E-state index in [2.05, 4.69) is 106 Å². The molecule has 0 N–H and O–H groups in total. The van der Waals surface area contributed by atoms with Crippen LogP contribution in [0.2, 0.25) is 0 Å². The summed E-state index contributed by atoms with van der Waals surface area (Å²) < 4.78 is 2.47. The van der Waals surface area contributed by atoms with Crippen molar-refractivity contribution < 1.29 is 0 Å². The lowest BCUT2D eigenvalue weighted by atomic mass is 9.70. The fourth-order valence-electron chi connectivity index (χ4n) is 9.72. The molecular formula is C55H92Br2S2. The zero-order chi connectivity index (χ0) is 41.9. The monoisotopic (exact) mass is 975 g/mol. The number of hydrogen-bond acceptors (Lipinski definition) is 2. The molecule has 3 rings (SSSR count). The molecule has 0 fully saturated rings. The summed E-state index contributed by atoms with van der Waals surface area (Å²) in [5.74, 6) is 5.55. The van der Waals surface area contributed by atoms with Crippen LogP contribution in [0.25, 0.3) is 11.1 Å². The molecule has 2 aromatic rings. The van der Waals surface area contributed by atoms with E-state index >= 15 is 0 Å². The average Bonchev–Trinajstić information content (AvgIpc) is 3.49. The Kier molecular flexibility index (Phi) is 33.0. The van der Waals surface area contributed by atoms with Crippen LogP contribution in [0.1, 0.15) is 256 Å². The SMILES string of the molecule is CCCCCCCCCCSCCCCCCCCCCCC1(CCCCCCCCCCCSCCCCCCCCCC)c2cc(Br)ccc2-c2ccc(Br)cc21. The van der Waals surface area contributed by atoms with Gasteiger partial charge in [-0.3, -0.25) is 0 Å². The number of hydrogen-bond donors (Lipinski definition) is 0. The Labute approximate surface area is 393 Å². The second kappa shape index (κ2) is 36.4. The summed E-state index contributed by atoms with van der Waals surface area (Å²) in [5.41, 5.74) is 6.29. The summed E-state index contributed by atoms with van der Waals surface area (Å²) in [6.07, 6.45) is 51.0. The van der Waals surface area contributed by atoms with Crippen LogP contribution in [0.15, 0.2) is 45.3 Å². The molecular weight excluding hydrogens is 885 g/mol. The molecule has 0 bridgehead atoms. The van der Waals surface area contributed by atoms with Crippen LogP contribution in [0.4, 0.5) is 0 Å². The number of benzene rings is 2. The van der Waals surface area contributed by atoms with Crippen LogP contribution in [0.3, 0.4) is 0 Å². The van der Waals surface area contributed by atoms with Gasteiger partial charge in [0.25, 0.3) is 0 Å². The Morgan fingerprint density at radius 3 is 0.881 bits per heavy atom. The second-order valence-electron chi connectivity index (χ2n) is 18.5. The quantitative estimate of drug-likeness (QED) is 0.0608. The van der Waals surface area contributed by atoms with E-state index in [1.54, 1.807) is 11.1 Å². The Morgan fingerprint density at radius 1 is 0.339 bits per heavy atom. The first-order valence-corrected chi connectivity index (χ1v) is 29.8. The maximum atomic E-state index is 3.88. The van der Waals surface area contributed by atoms with Crippen molar-refractivity contribution in [2.75, 3.05) is 23.0 Å². The molecule has 59 heavy (non-hydrogen) atoms. The Balaban J connectivity index is 1.26. The number of rotatable bonds is 42. The van der Waals surface area contributed by atoms with Gasteiger partial charge in [0.1, 0.15) is 0 Å². The number of thioether (sulfide) groups is 2. The fraction of sp³-hybridized carbons (Fsp3) is 0.782. The molecule has 0 aliphatic heterocycles. The van der Waals surface area contributed by atoms with Gasteiger partial charge in [-0.1, -0.05) is 250 Å². The van der Waals surface area contributed by atoms with Crippen LogP contribution in [0.5, 0.6) is 0 Å². The van der Waals surface area contributed by atoms with Crippen LogP contribution in [-0.2, 0) is 5.41 Å². The zero-order valence-corrected chi connectivity index (χ0v) is 43.6. The van der Waals surface area contributed by atoms with Crippen molar-refractivity contribution in [2.24, 2.45) is 0 Å². The largest absolute Gasteiger partial charge is 0.162 e. The highest BCUT2D eigenvalue weighted by Gasteiger charge is 2.42. The van der Waals surface area contributed by atoms with E-state index in [1.165, 1.54) is 274 Å². The van der Waals surface area contributed by atoms with Crippen LogP contribution in [0, 0.1) is 0 Å². The normalized spacial score (nSPS) is 13.0. The Bertz CT molecular complexity index is 1180. The van der Waals surface area contributed by atoms with Gasteiger partial charge in [0.15, 0.2) is 0 Å². The molecule has 1 aliphatic rings. The van der Waals surface area contributed by atoms with E-state index in [1.807, 2.05) is 0 Å². The van der Waals surface area contributed by atoms with Crippen LogP contribution in [-0.4, -0.2) is 23.0 Å². The lowest BCUT2D eigenvalue weighted by Gasteiger charge is -2.33. The maximum Gasteiger partial charge on any atom is 0.0216 e. The van der Waals surface area contributed by atoms with Gasteiger partial charge >= 0.3 is 0 Å². The van der Waals surface area contributed by atoms with E-state index in [0.717, 1.165) is 0 Å². The molecule has 0 heterocycles. The van der Waals surface area contributed by atoms with Crippen molar-refractivity contribution in [3.05, 3.63) is 56.5 Å². The maximum absolute atomic E-state index is 3.88. The van der Waals surface area contributed by atoms with Gasteiger partial charge in [0, 0.05) is 14.4 Å². The molecule has 0 saturated heterocycles. The van der Waals surface area contributed by atoms with Gasteiger partial charge in [0.2, 0.25) is 0 Å². The highest BCUT2D eigenvalue weighted by molar-refractivity contribution is 9.10. The first-order valence-electron chi connectivity index (χ1n) is 25.9. The standard InChI is InChI=1S/C55H92Br2S2/c1-3-5-7-9-11-21-27-33-43-58-45-35-29-23-17-13-15-19-25-31-41-55(53-47-49(56)37-39-51(53)52-40-38-50(57)48-54(52)55)42-32-26-20-16-14-18-24-30-36-46-59-44-34-28-22-12-10-8-6-4-2/h37-40,47-48H,3-36,41-46H2,1-2H3. The highest BCUT2D eigenvalue weighted by Crippen LogP contribution is 2.55. The summed E-state index contributed by atoms with van der Waals surface area (Å²) in [6, 6.07) is 14.3. The minimum atomic E-state index is 0.150. The van der Waals surface area contributed by atoms with Gasteiger partial charge in [-0.2, -0.15) is 23.5 Å². The number of fused-ring (bicyclic) bond motifs is 3. The second-order valence-corrected chi connectivity index (χ2v) is 22.8. The van der Waals surface area contributed by atoms with E-state index in [9.17, 15) is 0 Å². The fourth-order valence-corrected chi connectivity index (χ4v) is 12.5. The van der Waals surface area contributed by atoms with Crippen molar-refractivity contribution >= 4 is 55.4 Å². The highest BCUT2D eigenvalue weighted by atomic mass is 79.9. The molecule has 338 valence electrons. The third kappa shape index (κ3) is 23.6. The van der Waals surface area contributed by atoms with E-state index in [-0.39, 0.29) is 5.41 Å². The third-order valence-corrected chi connectivity index (χ3v) is 16.6. The Morgan fingerprint density at radius 2 is 0.593 bits per heavy atom. The Hall–Kier alpha value is 0.1000. The molecule has 0 nitrogen and oxygen atoms in total. The molecule has 0 unspecified atom stereocenters. The van der Waals surface area contributed by atoms with Crippen molar-refractivity contribution in [1.29, 1.82) is 0 Å². The van der Waals surface area contributed by atoms with Gasteiger partial charge in [0.05, 0.1) is 0 Å². The molecule has 1 aliphatic carbocycles. The first kappa shape index (κ1) is 53.4. The summed E-state index contributed by atoms with van der Waals surface area (Å²) in [4.78, 5) is 0. The molecule has 2 aromatic carbocycles. The predicted octanol–water partition coefficient (Wildman–Crippen LogP) is 21.0. The average molecular weight is 977 g/mol. The van der Waals surface area contributed by atoms with Crippen molar-refractivity contribution in [3.8, 4) is 11.1 Å². The third-order valence-electron chi connectivity index (χ3n) is 13.4. The summed E-state index contributed by atoms with van der Waals surface area (Å²) >= 11 is 12.2. The van der Waals surface area contributed by atoms with Crippen molar-refractivity contribution in [1.82, 2.24) is 0 Å². The van der Waals surface area contributed by atoms with Crippen LogP contribution >= 0.6 is 55.4 Å². The van der Waals surface area contributed by atoms with Gasteiger partial charge in [-0.05, 0) is 108 Å². The molecule has 4 heteroatoms. The van der Waals surface area contributed by atoms with Crippen LogP contribution < -0.4 is 0 Å². The summed E-state index contributed by atoms with van der Waals surface area (Å²) in [7, 11) is 0. The lowest BCUT2D eigenvalue weighted by Crippen LogP contribution is -2.25. The van der Waals surface area contributed by atoms with Gasteiger partial charge in [-0.25, -0.2) is 0 Å². The predicted molar refractivity (Wildman–Crippen MR) is 280 cm³/mol. The molecule has 0 amide bonds. The number of halogens is 2. The zero-order valence-electron chi connectivity index (χ0n) is 38.8. The van der Waals surface area contributed by atoms with E-state index < -0.39 is 0 Å². The minimum absolute atomic E-state index is 0.150. The topological polar surface area (TPSA) is 0 Å². The van der Waals surface area contributed by atoms with Crippen molar-refractivity contribution in [3.63, 3.8) is 0 Å². The molecule has 0 spiro atoms. The smallest absolute Gasteiger partial charge is 0.0216 e. The number of unbranched alkanes of at least 4 members (excludes halogenated alkanes) is 30. The van der Waals surface area contributed by atoms with Crippen molar-refractivity contribution in [2.45, 2.75) is 250 Å². The van der Waals surface area contributed by atoms with E-state index in [4.69, 9.17) is 0 Å². The lowest BCUT2D eigenvalue weighted by molar-refractivity contribution is 0.396. The van der Waals surface area contributed by atoms with E-state index in [0.29, 0.717) is 0 Å². The van der Waals surface area contributed by atoms with Gasteiger partial charge < -0.3 is 0 Å². The van der Waals surface area contributed by atoms with Gasteiger partial charge in [-0.15, -0.1) is 0 Å². The summed E-state index contributed by atoms with van der Waals surface area (Å²) in [5, 5.41) is 0. The molecule has 0 atom stereocenters. The first-order chi connectivity index (χ1) is 29.1. The summed E-state index contributed by atoms with van der Waals surface area (Å²) in [6.45, 7) is 4.62. The molecule has 0 saturated carbocycles.